The van der Waals surface area contributed by atoms with E-state index < -0.39 is 9.84 Å². The molecule has 1 atom stereocenters. The molecule has 2 heterocycles. The Kier molecular flexibility index (Phi) is 6.86. The van der Waals surface area contributed by atoms with Crippen molar-refractivity contribution in [3.8, 4) is 0 Å². The average Bonchev–Trinajstić information content (AvgIpc) is 3.40. The molecule has 0 N–H and O–H groups in total. The Labute approximate surface area is 197 Å². The summed E-state index contributed by atoms with van der Waals surface area (Å²) in [4.78, 5) is 19.7. The summed E-state index contributed by atoms with van der Waals surface area (Å²) >= 11 is 7.57. The fraction of sp³-hybridized carbons (Fsp3) is 0.391. The van der Waals surface area contributed by atoms with Gasteiger partial charge < -0.3 is 4.74 Å². The number of aromatic nitrogens is 1. The van der Waals surface area contributed by atoms with Gasteiger partial charge in [-0.1, -0.05) is 40.6 Å². The summed E-state index contributed by atoms with van der Waals surface area (Å²) < 4.78 is 32.1. The van der Waals surface area contributed by atoms with Gasteiger partial charge in [0.25, 0.3) is 0 Å². The molecule has 32 heavy (non-hydrogen) atoms. The zero-order chi connectivity index (χ0) is 22.9. The second-order valence-corrected chi connectivity index (χ2v) is 11.6. The van der Waals surface area contributed by atoms with Gasteiger partial charge in [0.15, 0.2) is 15.0 Å². The molecule has 9 heteroatoms. The van der Waals surface area contributed by atoms with Crippen molar-refractivity contribution in [3.63, 3.8) is 0 Å². The van der Waals surface area contributed by atoms with Crippen LogP contribution in [-0.4, -0.2) is 44.3 Å². The van der Waals surface area contributed by atoms with E-state index >= 15 is 0 Å². The molecular weight excluding hydrogens is 468 g/mol. The highest BCUT2D eigenvalue weighted by atomic mass is 35.5. The van der Waals surface area contributed by atoms with Crippen LogP contribution in [0.3, 0.4) is 0 Å². The van der Waals surface area contributed by atoms with Gasteiger partial charge in [-0.25, -0.2) is 13.4 Å². The van der Waals surface area contributed by atoms with Crippen molar-refractivity contribution >= 4 is 54.0 Å². The summed E-state index contributed by atoms with van der Waals surface area (Å²) in [7, 11) is -3.57. The molecule has 170 valence electrons. The standard InChI is InChI=1S/C23H25ClN2O4S2/c1-15-5-7-19(8-6-15)32(28,29)11-9-21(27)26(14-18-4-3-10-30-18)23-25-22-16(2)12-17(24)13-20(22)31-23/h5-8,12-13,18H,3-4,9-11,14H2,1-2H3. The summed E-state index contributed by atoms with van der Waals surface area (Å²) in [5.74, 6) is -0.536. The number of rotatable bonds is 7. The lowest BCUT2D eigenvalue weighted by molar-refractivity contribution is -0.118. The van der Waals surface area contributed by atoms with Crippen LogP contribution in [0.25, 0.3) is 10.2 Å². The number of hydrogen-bond acceptors (Lipinski definition) is 6. The number of sulfone groups is 1. The molecule has 2 aromatic carbocycles. The number of nitrogens with zero attached hydrogens (tertiary/aromatic N) is 2. The SMILES string of the molecule is Cc1ccc(S(=O)(=O)CCC(=O)N(CC2CCCO2)c2nc3c(C)cc(Cl)cc3s2)cc1. The summed E-state index contributed by atoms with van der Waals surface area (Å²) in [6, 6.07) is 10.4. The van der Waals surface area contributed by atoms with E-state index in [1.807, 2.05) is 26.0 Å². The highest BCUT2D eigenvalue weighted by Gasteiger charge is 2.28. The Morgan fingerprint density at radius 3 is 2.69 bits per heavy atom. The maximum Gasteiger partial charge on any atom is 0.229 e. The first-order valence-corrected chi connectivity index (χ1v) is 13.4. The van der Waals surface area contributed by atoms with Crippen molar-refractivity contribution in [1.29, 1.82) is 0 Å². The molecule has 1 saturated heterocycles. The topological polar surface area (TPSA) is 76.6 Å². The molecule has 0 saturated carbocycles. The van der Waals surface area contributed by atoms with E-state index in [0.29, 0.717) is 23.3 Å². The highest BCUT2D eigenvalue weighted by molar-refractivity contribution is 7.91. The molecular formula is C23H25ClN2O4S2. The van der Waals surface area contributed by atoms with Crippen LogP contribution in [0.15, 0.2) is 41.3 Å². The average molecular weight is 493 g/mol. The second-order valence-electron chi connectivity index (χ2n) is 8.09. The van der Waals surface area contributed by atoms with Crippen molar-refractivity contribution in [2.75, 3.05) is 23.8 Å². The van der Waals surface area contributed by atoms with Gasteiger partial charge in [-0.2, -0.15) is 0 Å². The largest absolute Gasteiger partial charge is 0.376 e. The van der Waals surface area contributed by atoms with E-state index in [-0.39, 0.29) is 29.1 Å². The molecule has 4 rings (SSSR count). The number of carbonyl (C=O) groups is 1. The lowest BCUT2D eigenvalue weighted by Crippen LogP contribution is -2.38. The number of carbonyl (C=O) groups excluding carboxylic acids is 1. The van der Waals surface area contributed by atoms with Crippen LogP contribution in [-0.2, 0) is 19.4 Å². The first kappa shape index (κ1) is 23.2. The minimum absolute atomic E-state index is 0.0793. The first-order valence-electron chi connectivity index (χ1n) is 10.5. The van der Waals surface area contributed by atoms with Gasteiger partial charge in [0.05, 0.1) is 33.5 Å². The molecule has 1 aliphatic heterocycles. The normalized spacial score (nSPS) is 16.5. The molecule has 0 spiro atoms. The molecule has 0 radical (unpaired) electrons. The fourth-order valence-corrected chi connectivity index (χ4v) is 6.43. The van der Waals surface area contributed by atoms with Crippen LogP contribution < -0.4 is 4.90 Å². The monoisotopic (exact) mass is 492 g/mol. The Morgan fingerprint density at radius 2 is 2.00 bits per heavy atom. The third-order valence-corrected chi connectivity index (χ3v) is 8.52. The predicted octanol–water partition coefficient (Wildman–Crippen LogP) is 4.94. The number of amides is 1. The number of benzene rings is 2. The molecule has 6 nitrogen and oxygen atoms in total. The van der Waals surface area contributed by atoms with E-state index in [0.717, 1.165) is 34.2 Å². The molecule has 1 fully saturated rings. The molecule has 3 aromatic rings. The van der Waals surface area contributed by atoms with Crippen molar-refractivity contribution < 1.29 is 17.9 Å². The first-order chi connectivity index (χ1) is 15.2. The summed E-state index contributed by atoms with van der Waals surface area (Å²) in [6.07, 6.45) is 1.60. The zero-order valence-corrected chi connectivity index (χ0v) is 20.4. The van der Waals surface area contributed by atoms with Gasteiger partial charge in [0.2, 0.25) is 5.91 Å². The maximum absolute atomic E-state index is 13.2. The lowest BCUT2D eigenvalue weighted by Gasteiger charge is -2.23. The Morgan fingerprint density at radius 1 is 1.25 bits per heavy atom. The van der Waals surface area contributed by atoms with Gasteiger partial charge in [-0.15, -0.1) is 0 Å². The number of fused-ring (bicyclic) bond motifs is 1. The zero-order valence-electron chi connectivity index (χ0n) is 18.0. The van der Waals surface area contributed by atoms with Crippen molar-refractivity contribution in [1.82, 2.24) is 4.98 Å². The number of halogens is 1. The van der Waals surface area contributed by atoms with Crippen molar-refractivity contribution in [2.24, 2.45) is 0 Å². The summed E-state index contributed by atoms with van der Waals surface area (Å²) in [6.45, 7) is 4.85. The number of anilines is 1. The molecule has 1 aromatic heterocycles. The molecule has 1 amide bonds. The van der Waals surface area contributed by atoms with Crippen LogP contribution in [0.1, 0.15) is 30.4 Å². The van der Waals surface area contributed by atoms with Gasteiger partial charge in [-0.3, -0.25) is 9.69 Å². The van der Waals surface area contributed by atoms with E-state index in [1.54, 1.807) is 29.2 Å². The molecule has 1 unspecified atom stereocenters. The summed E-state index contributed by atoms with van der Waals surface area (Å²) in [5, 5.41) is 1.16. The maximum atomic E-state index is 13.2. The molecule has 1 aliphatic rings. The summed E-state index contributed by atoms with van der Waals surface area (Å²) in [5.41, 5.74) is 2.71. The third kappa shape index (κ3) is 5.14. The number of thiazole rings is 1. The van der Waals surface area contributed by atoms with Crippen LogP contribution in [0.5, 0.6) is 0 Å². The fourth-order valence-electron chi connectivity index (χ4n) is 3.76. The van der Waals surface area contributed by atoms with Crippen LogP contribution in [0.2, 0.25) is 5.02 Å². The van der Waals surface area contributed by atoms with Crippen LogP contribution in [0.4, 0.5) is 5.13 Å². The van der Waals surface area contributed by atoms with Crippen LogP contribution in [0, 0.1) is 13.8 Å². The molecule has 0 aliphatic carbocycles. The van der Waals surface area contributed by atoms with E-state index in [9.17, 15) is 13.2 Å². The van der Waals surface area contributed by atoms with E-state index in [4.69, 9.17) is 16.3 Å². The van der Waals surface area contributed by atoms with E-state index in [2.05, 4.69) is 4.98 Å². The minimum atomic E-state index is -3.57. The number of aryl methyl sites for hydroxylation is 2. The van der Waals surface area contributed by atoms with Crippen molar-refractivity contribution in [3.05, 3.63) is 52.5 Å². The van der Waals surface area contributed by atoms with Gasteiger partial charge in [0.1, 0.15) is 0 Å². The van der Waals surface area contributed by atoms with Gasteiger partial charge >= 0.3 is 0 Å². The second kappa shape index (κ2) is 9.47. The third-order valence-electron chi connectivity index (χ3n) is 5.55. The van der Waals surface area contributed by atoms with Gasteiger partial charge in [0, 0.05) is 18.1 Å². The lowest BCUT2D eigenvalue weighted by atomic mass is 10.2. The van der Waals surface area contributed by atoms with Crippen LogP contribution >= 0.6 is 22.9 Å². The minimum Gasteiger partial charge on any atom is -0.376 e. The van der Waals surface area contributed by atoms with Gasteiger partial charge in [-0.05, 0) is 56.5 Å². The Bertz CT molecular complexity index is 1230. The Hall–Kier alpha value is -2.00. The highest BCUT2D eigenvalue weighted by Crippen LogP contribution is 2.34. The van der Waals surface area contributed by atoms with Crippen molar-refractivity contribution in [2.45, 2.75) is 44.1 Å². The molecule has 0 bridgehead atoms. The number of hydrogen-bond donors (Lipinski definition) is 0. The number of ether oxygens (including phenoxy) is 1. The quantitative estimate of drug-likeness (QED) is 0.466. The smallest absolute Gasteiger partial charge is 0.229 e. The predicted molar refractivity (Wildman–Crippen MR) is 129 cm³/mol. The van der Waals surface area contributed by atoms with E-state index in [1.165, 1.54) is 11.3 Å². The Balaban J connectivity index is 1.58.